The summed E-state index contributed by atoms with van der Waals surface area (Å²) in [6, 6.07) is 8.78. The molecule has 18 heavy (non-hydrogen) atoms. The Labute approximate surface area is 112 Å². The van der Waals surface area contributed by atoms with E-state index in [0.717, 1.165) is 12.8 Å². The molecule has 1 heteroatoms. The largest absolute Gasteiger partial charge is 0.299 e. The minimum Gasteiger partial charge on any atom is -0.299 e. The summed E-state index contributed by atoms with van der Waals surface area (Å²) in [5, 5.41) is 0. The van der Waals surface area contributed by atoms with E-state index < -0.39 is 0 Å². The summed E-state index contributed by atoms with van der Waals surface area (Å²) < 4.78 is 0. The number of aryl methyl sites for hydroxylation is 1. The Hall–Kier alpha value is -1.11. The monoisotopic (exact) mass is 246 g/mol. The van der Waals surface area contributed by atoms with E-state index in [1.165, 1.54) is 11.1 Å². The normalized spacial score (nSPS) is 11.9. The van der Waals surface area contributed by atoms with Gasteiger partial charge in [0.2, 0.25) is 0 Å². The topological polar surface area (TPSA) is 17.1 Å². The minimum absolute atomic E-state index is 0.193. The van der Waals surface area contributed by atoms with Crippen molar-refractivity contribution in [2.75, 3.05) is 0 Å². The van der Waals surface area contributed by atoms with E-state index >= 15 is 0 Å². The molecular formula is C17H26O. The first-order valence-corrected chi connectivity index (χ1v) is 6.93. The third-order valence-corrected chi connectivity index (χ3v) is 3.35. The van der Waals surface area contributed by atoms with E-state index in [-0.39, 0.29) is 5.41 Å². The van der Waals surface area contributed by atoms with Crippen LogP contribution in [-0.4, -0.2) is 5.78 Å². The van der Waals surface area contributed by atoms with Crippen LogP contribution in [0, 0.1) is 5.41 Å². The van der Waals surface area contributed by atoms with Gasteiger partial charge in [0, 0.05) is 11.8 Å². The van der Waals surface area contributed by atoms with Crippen molar-refractivity contribution in [1.82, 2.24) is 0 Å². The van der Waals surface area contributed by atoms with E-state index in [4.69, 9.17) is 0 Å². The molecule has 1 aromatic rings. The highest BCUT2D eigenvalue weighted by Gasteiger charge is 2.19. The number of hydrogen-bond donors (Lipinski definition) is 0. The predicted octanol–water partition coefficient (Wildman–Crippen LogP) is 4.75. The molecule has 0 bridgehead atoms. The molecule has 0 amide bonds. The zero-order valence-corrected chi connectivity index (χ0v) is 12.4. The van der Waals surface area contributed by atoms with Crippen LogP contribution in [0.2, 0.25) is 0 Å². The second-order valence-electron chi connectivity index (χ2n) is 6.42. The quantitative estimate of drug-likeness (QED) is 0.733. The van der Waals surface area contributed by atoms with Gasteiger partial charge in [-0.05, 0) is 29.9 Å². The molecule has 1 nitrogen and oxygen atoms in total. The smallest absolute Gasteiger partial charge is 0.138 e. The molecule has 0 atom stereocenters. The lowest BCUT2D eigenvalue weighted by Gasteiger charge is -2.16. The van der Waals surface area contributed by atoms with Crippen LogP contribution in [0.3, 0.4) is 0 Å². The number of benzene rings is 1. The number of carbonyl (C=O) groups excluding carboxylic acids is 1. The average molecular weight is 246 g/mol. The van der Waals surface area contributed by atoms with Crippen molar-refractivity contribution in [2.45, 2.75) is 59.8 Å². The summed E-state index contributed by atoms with van der Waals surface area (Å²) in [4.78, 5) is 11.8. The van der Waals surface area contributed by atoms with Gasteiger partial charge in [0.1, 0.15) is 5.78 Å². The molecule has 0 aliphatic carbocycles. The Morgan fingerprint density at radius 1 is 1.11 bits per heavy atom. The lowest BCUT2D eigenvalue weighted by Crippen LogP contribution is -2.19. The van der Waals surface area contributed by atoms with E-state index in [9.17, 15) is 4.79 Å². The number of ketones is 1. The van der Waals surface area contributed by atoms with Crippen LogP contribution < -0.4 is 0 Å². The second kappa shape index (κ2) is 6.17. The van der Waals surface area contributed by atoms with Crippen LogP contribution in [0.5, 0.6) is 0 Å². The van der Waals surface area contributed by atoms with Crippen molar-refractivity contribution in [3.05, 3.63) is 35.4 Å². The Bertz CT molecular complexity index is 379. The molecule has 0 unspecified atom stereocenters. The summed E-state index contributed by atoms with van der Waals surface area (Å²) in [5.74, 6) is 0.947. The fraction of sp³-hybridized carbons (Fsp3) is 0.588. The number of rotatable bonds is 5. The molecule has 0 N–H and O–H groups in total. The minimum atomic E-state index is -0.193. The lowest BCUT2D eigenvalue weighted by atomic mass is 9.87. The molecule has 0 aliphatic heterocycles. The molecule has 1 rings (SSSR count). The Balaban J connectivity index is 2.43. The fourth-order valence-corrected chi connectivity index (χ4v) is 1.90. The van der Waals surface area contributed by atoms with Gasteiger partial charge in [0.15, 0.2) is 0 Å². The highest BCUT2D eigenvalue weighted by atomic mass is 16.1. The van der Waals surface area contributed by atoms with Crippen LogP contribution in [0.1, 0.15) is 64.5 Å². The van der Waals surface area contributed by atoms with Gasteiger partial charge in [0.05, 0.1) is 0 Å². The van der Waals surface area contributed by atoms with Crippen molar-refractivity contribution in [3.63, 3.8) is 0 Å². The van der Waals surface area contributed by atoms with Gasteiger partial charge in [-0.2, -0.15) is 0 Å². The molecule has 0 aliphatic rings. The molecule has 0 saturated heterocycles. The van der Waals surface area contributed by atoms with Gasteiger partial charge in [-0.3, -0.25) is 4.79 Å². The SMILES string of the molecule is CC(C)c1ccc(CCCC(=O)C(C)(C)C)cc1. The first-order chi connectivity index (χ1) is 8.30. The number of Topliss-reactive ketones (excluding diaryl/α,β-unsaturated/α-hetero) is 1. The van der Waals surface area contributed by atoms with Crippen LogP contribution in [0.15, 0.2) is 24.3 Å². The van der Waals surface area contributed by atoms with E-state index in [2.05, 4.69) is 38.1 Å². The van der Waals surface area contributed by atoms with E-state index in [1.807, 2.05) is 20.8 Å². The molecule has 1 aromatic carbocycles. The Morgan fingerprint density at radius 3 is 2.11 bits per heavy atom. The van der Waals surface area contributed by atoms with Crippen LogP contribution >= 0.6 is 0 Å². The van der Waals surface area contributed by atoms with Crippen molar-refractivity contribution >= 4 is 5.78 Å². The highest BCUT2D eigenvalue weighted by molar-refractivity contribution is 5.83. The second-order valence-corrected chi connectivity index (χ2v) is 6.42. The van der Waals surface area contributed by atoms with Gasteiger partial charge in [0.25, 0.3) is 0 Å². The van der Waals surface area contributed by atoms with Crippen molar-refractivity contribution in [2.24, 2.45) is 5.41 Å². The summed E-state index contributed by atoms with van der Waals surface area (Å²) in [6.45, 7) is 10.4. The number of hydrogen-bond acceptors (Lipinski definition) is 1. The summed E-state index contributed by atoms with van der Waals surface area (Å²) >= 11 is 0. The molecular weight excluding hydrogens is 220 g/mol. The molecule has 0 radical (unpaired) electrons. The first-order valence-electron chi connectivity index (χ1n) is 6.93. The average Bonchev–Trinajstić information content (AvgIpc) is 2.28. The van der Waals surface area contributed by atoms with Gasteiger partial charge in [-0.25, -0.2) is 0 Å². The van der Waals surface area contributed by atoms with E-state index in [1.54, 1.807) is 0 Å². The zero-order chi connectivity index (χ0) is 13.8. The first kappa shape index (κ1) is 14.9. The van der Waals surface area contributed by atoms with Crippen LogP contribution in [-0.2, 0) is 11.2 Å². The molecule has 0 spiro atoms. The van der Waals surface area contributed by atoms with Gasteiger partial charge >= 0.3 is 0 Å². The maximum Gasteiger partial charge on any atom is 0.138 e. The number of carbonyl (C=O) groups is 1. The maximum atomic E-state index is 11.8. The van der Waals surface area contributed by atoms with Gasteiger partial charge < -0.3 is 0 Å². The third kappa shape index (κ3) is 4.64. The van der Waals surface area contributed by atoms with E-state index in [0.29, 0.717) is 18.1 Å². The maximum absolute atomic E-state index is 11.8. The molecule has 0 aromatic heterocycles. The van der Waals surface area contributed by atoms with Crippen molar-refractivity contribution in [3.8, 4) is 0 Å². The van der Waals surface area contributed by atoms with Crippen LogP contribution in [0.25, 0.3) is 0 Å². The van der Waals surface area contributed by atoms with Gasteiger partial charge in [-0.15, -0.1) is 0 Å². The fourth-order valence-electron chi connectivity index (χ4n) is 1.90. The van der Waals surface area contributed by atoms with Crippen molar-refractivity contribution in [1.29, 1.82) is 0 Å². The molecule has 0 fully saturated rings. The van der Waals surface area contributed by atoms with Gasteiger partial charge in [-0.1, -0.05) is 58.9 Å². The molecule has 100 valence electrons. The van der Waals surface area contributed by atoms with Crippen molar-refractivity contribution < 1.29 is 4.79 Å². The van der Waals surface area contributed by atoms with Crippen LogP contribution in [0.4, 0.5) is 0 Å². The Kier molecular flexibility index (Phi) is 5.13. The predicted molar refractivity (Wildman–Crippen MR) is 77.9 cm³/mol. The summed E-state index contributed by atoms with van der Waals surface area (Å²) in [6.07, 6.45) is 2.65. The lowest BCUT2D eigenvalue weighted by molar-refractivity contribution is -0.126. The standard InChI is InChI=1S/C17H26O/c1-13(2)15-11-9-14(10-12-15)7-6-8-16(18)17(3,4)5/h9-13H,6-8H2,1-5H3. The zero-order valence-electron chi connectivity index (χ0n) is 12.4. The highest BCUT2D eigenvalue weighted by Crippen LogP contribution is 2.19. The summed E-state index contributed by atoms with van der Waals surface area (Å²) in [7, 11) is 0. The Morgan fingerprint density at radius 2 is 1.67 bits per heavy atom. The third-order valence-electron chi connectivity index (χ3n) is 3.35. The molecule has 0 heterocycles. The molecule has 0 saturated carbocycles. The summed E-state index contributed by atoms with van der Waals surface area (Å²) in [5.41, 5.74) is 2.52.